The van der Waals surface area contributed by atoms with E-state index < -0.39 is 5.60 Å². The average molecular weight is 281 g/mol. The van der Waals surface area contributed by atoms with Gasteiger partial charge in [0.15, 0.2) is 11.5 Å². The molecule has 112 valence electrons. The summed E-state index contributed by atoms with van der Waals surface area (Å²) in [5, 5.41) is 12.6. The molecule has 0 spiro atoms. The van der Waals surface area contributed by atoms with Crippen molar-refractivity contribution in [1.29, 1.82) is 0 Å². The third-order valence-electron chi connectivity index (χ3n) is 2.68. The maximum Gasteiger partial charge on any atom is 0.320 e. The molecule has 0 fully saturated rings. The number of esters is 1. The van der Waals surface area contributed by atoms with Crippen LogP contribution < -0.4 is 10.1 Å². The molecule has 0 bridgehead atoms. The smallest absolute Gasteiger partial charge is 0.320 e. The van der Waals surface area contributed by atoms with E-state index in [1.807, 2.05) is 27.7 Å². The van der Waals surface area contributed by atoms with Crippen molar-refractivity contribution in [3.8, 4) is 11.5 Å². The third kappa shape index (κ3) is 5.09. The zero-order chi connectivity index (χ0) is 15.3. The van der Waals surface area contributed by atoms with Gasteiger partial charge in [-0.05, 0) is 45.4 Å². The number of hydrogen-bond donors (Lipinski definition) is 2. The van der Waals surface area contributed by atoms with Gasteiger partial charge in [-0.3, -0.25) is 4.79 Å². The van der Waals surface area contributed by atoms with Crippen molar-refractivity contribution >= 4 is 5.97 Å². The lowest BCUT2D eigenvalue weighted by Gasteiger charge is -2.21. The molecule has 1 rings (SSSR count). The molecule has 0 saturated heterocycles. The summed E-state index contributed by atoms with van der Waals surface area (Å²) in [4.78, 5) is 11.6. The van der Waals surface area contributed by atoms with Gasteiger partial charge in [-0.25, -0.2) is 0 Å². The third-order valence-corrected chi connectivity index (χ3v) is 2.68. The van der Waals surface area contributed by atoms with Gasteiger partial charge in [-0.1, -0.05) is 6.07 Å². The molecule has 1 unspecified atom stereocenters. The summed E-state index contributed by atoms with van der Waals surface area (Å²) < 4.78 is 10.3. The van der Waals surface area contributed by atoms with Crippen LogP contribution in [0, 0.1) is 0 Å². The van der Waals surface area contributed by atoms with E-state index in [1.165, 1.54) is 7.11 Å². The molecule has 1 aromatic carbocycles. The first kappa shape index (κ1) is 16.3. The first-order chi connectivity index (χ1) is 9.23. The van der Waals surface area contributed by atoms with Gasteiger partial charge in [-0.15, -0.1) is 0 Å². The van der Waals surface area contributed by atoms with Crippen LogP contribution in [0.3, 0.4) is 0 Å². The number of ether oxygens (including phenoxy) is 2. The second kappa shape index (κ2) is 6.61. The Morgan fingerprint density at radius 3 is 2.60 bits per heavy atom. The second-order valence-electron chi connectivity index (χ2n) is 5.62. The lowest BCUT2D eigenvalue weighted by atomic mass is 10.1. The van der Waals surface area contributed by atoms with Crippen molar-refractivity contribution in [3.05, 3.63) is 23.8 Å². The normalized spacial score (nSPS) is 12.8. The van der Waals surface area contributed by atoms with Crippen LogP contribution in [0.2, 0.25) is 0 Å². The summed E-state index contributed by atoms with van der Waals surface area (Å²) in [6.45, 7) is 7.55. The van der Waals surface area contributed by atoms with Crippen LogP contribution in [0.25, 0.3) is 0 Å². The number of phenolic OH excluding ortho intramolecular Hbond substituents is 1. The van der Waals surface area contributed by atoms with E-state index in [0.29, 0.717) is 5.75 Å². The lowest BCUT2D eigenvalue weighted by Crippen LogP contribution is -2.32. The van der Waals surface area contributed by atoms with Crippen LogP contribution >= 0.6 is 0 Å². The highest BCUT2D eigenvalue weighted by atomic mass is 16.6. The Labute approximate surface area is 119 Å². The van der Waals surface area contributed by atoms with Gasteiger partial charge in [0, 0.05) is 6.04 Å². The van der Waals surface area contributed by atoms with Gasteiger partial charge >= 0.3 is 5.97 Å². The van der Waals surface area contributed by atoms with E-state index in [2.05, 4.69) is 5.32 Å². The molecule has 2 N–H and O–H groups in total. The van der Waals surface area contributed by atoms with Gasteiger partial charge < -0.3 is 19.9 Å². The highest BCUT2D eigenvalue weighted by Gasteiger charge is 2.17. The second-order valence-corrected chi connectivity index (χ2v) is 5.62. The largest absolute Gasteiger partial charge is 0.504 e. The minimum absolute atomic E-state index is 0.0583. The van der Waals surface area contributed by atoms with E-state index >= 15 is 0 Å². The van der Waals surface area contributed by atoms with E-state index in [9.17, 15) is 9.90 Å². The summed E-state index contributed by atoms with van der Waals surface area (Å²) in [5.41, 5.74) is 0.437. The van der Waals surface area contributed by atoms with Gasteiger partial charge in [0.1, 0.15) is 5.60 Å². The number of aromatic hydroxyl groups is 1. The summed E-state index contributed by atoms with van der Waals surface area (Å²) >= 11 is 0. The van der Waals surface area contributed by atoms with Crippen molar-refractivity contribution in [1.82, 2.24) is 5.32 Å². The SMILES string of the molecule is COc1cc(C(C)NCC(=O)OC(C)(C)C)ccc1O. The minimum atomic E-state index is -0.482. The highest BCUT2D eigenvalue weighted by molar-refractivity contribution is 5.72. The molecule has 1 atom stereocenters. The molecule has 0 amide bonds. The standard InChI is InChI=1S/C15H23NO4/c1-10(16-9-14(18)20-15(2,3)4)11-6-7-12(17)13(8-11)19-5/h6-8,10,16-17H,9H2,1-5H3. The van der Waals surface area contributed by atoms with Gasteiger partial charge in [0.05, 0.1) is 13.7 Å². The van der Waals surface area contributed by atoms with Crippen LogP contribution in [0.5, 0.6) is 11.5 Å². The van der Waals surface area contributed by atoms with E-state index in [4.69, 9.17) is 9.47 Å². The Kier molecular flexibility index (Phi) is 5.39. The molecule has 0 aliphatic carbocycles. The molecule has 0 aromatic heterocycles. The van der Waals surface area contributed by atoms with Crippen molar-refractivity contribution < 1.29 is 19.4 Å². The molecule has 5 heteroatoms. The fourth-order valence-corrected chi connectivity index (χ4v) is 1.70. The molecule has 0 saturated carbocycles. The molecule has 0 aliphatic rings. The number of carbonyl (C=O) groups is 1. The zero-order valence-corrected chi connectivity index (χ0v) is 12.7. The Morgan fingerprint density at radius 1 is 1.40 bits per heavy atom. The molecule has 1 aromatic rings. The van der Waals surface area contributed by atoms with E-state index in [-0.39, 0.29) is 24.3 Å². The summed E-state index contributed by atoms with van der Waals surface area (Å²) in [6, 6.07) is 5.03. The Balaban J connectivity index is 2.59. The van der Waals surface area contributed by atoms with Crippen LogP contribution in [-0.4, -0.2) is 30.3 Å². The summed E-state index contributed by atoms with van der Waals surface area (Å²) in [7, 11) is 1.50. The van der Waals surface area contributed by atoms with Gasteiger partial charge in [-0.2, -0.15) is 0 Å². The predicted octanol–water partition coefficient (Wildman–Crippen LogP) is 2.39. The van der Waals surface area contributed by atoms with Crippen molar-refractivity contribution in [2.75, 3.05) is 13.7 Å². The van der Waals surface area contributed by atoms with Crippen LogP contribution in [0.15, 0.2) is 18.2 Å². The molecule has 5 nitrogen and oxygen atoms in total. The number of hydrogen-bond acceptors (Lipinski definition) is 5. The number of benzene rings is 1. The monoisotopic (exact) mass is 281 g/mol. The Morgan fingerprint density at radius 2 is 2.05 bits per heavy atom. The number of methoxy groups -OCH3 is 1. The molecule has 0 aliphatic heterocycles. The van der Waals surface area contributed by atoms with E-state index in [0.717, 1.165) is 5.56 Å². The highest BCUT2D eigenvalue weighted by Crippen LogP contribution is 2.28. The molecule has 0 radical (unpaired) electrons. The molecule has 20 heavy (non-hydrogen) atoms. The van der Waals surface area contributed by atoms with Crippen LogP contribution in [0.4, 0.5) is 0 Å². The fraction of sp³-hybridized carbons (Fsp3) is 0.533. The number of nitrogens with one attached hydrogen (secondary N) is 1. The quantitative estimate of drug-likeness (QED) is 0.811. The van der Waals surface area contributed by atoms with Crippen LogP contribution in [-0.2, 0) is 9.53 Å². The first-order valence-electron chi connectivity index (χ1n) is 6.55. The van der Waals surface area contributed by atoms with Gasteiger partial charge in [0.25, 0.3) is 0 Å². The lowest BCUT2D eigenvalue weighted by molar-refractivity contribution is -0.153. The molecule has 0 heterocycles. The van der Waals surface area contributed by atoms with Crippen molar-refractivity contribution in [2.45, 2.75) is 39.3 Å². The maximum absolute atomic E-state index is 11.6. The topological polar surface area (TPSA) is 67.8 Å². The average Bonchev–Trinajstić information content (AvgIpc) is 2.34. The fourth-order valence-electron chi connectivity index (χ4n) is 1.70. The number of rotatable bonds is 5. The molecular formula is C15H23NO4. The minimum Gasteiger partial charge on any atom is -0.504 e. The van der Waals surface area contributed by atoms with Crippen molar-refractivity contribution in [2.24, 2.45) is 0 Å². The number of carbonyl (C=O) groups excluding carboxylic acids is 1. The first-order valence-corrected chi connectivity index (χ1v) is 6.55. The maximum atomic E-state index is 11.6. The summed E-state index contributed by atoms with van der Waals surface area (Å²) in [5.74, 6) is 0.208. The Hall–Kier alpha value is -1.75. The van der Waals surface area contributed by atoms with Gasteiger partial charge in [0.2, 0.25) is 0 Å². The van der Waals surface area contributed by atoms with Crippen molar-refractivity contribution in [3.63, 3.8) is 0 Å². The summed E-state index contributed by atoms with van der Waals surface area (Å²) in [6.07, 6.45) is 0. The number of phenols is 1. The van der Waals surface area contributed by atoms with E-state index in [1.54, 1.807) is 18.2 Å². The predicted molar refractivity (Wildman–Crippen MR) is 76.9 cm³/mol. The van der Waals surface area contributed by atoms with Crippen LogP contribution in [0.1, 0.15) is 39.3 Å². The molecular weight excluding hydrogens is 258 g/mol. The Bertz CT molecular complexity index is 465. The zero-order valence-electron chi connectivity index (χ0n) is 12.7.